The minimum Gasteiger partial charge on any atom is -0.302 e. The number of anilines is 1. The second kappa shape index (κ2) is 5.27. The summed E-state index contributed by atoms with van der Waals surface area (Å²) in [7, 11) is 0. The zero-order valence-electron chi connectivity index (χ0n) is 11.6. The van der Waals surface area contributed by atoms with Crippen LogP contribution in [0.1, 0.15) is 13.8 Å². The molecule has 6 heteroatoms. The van der Waals surface area contributed by atoms with Crippen LogP contribution in [0, 0.1) is 17.3 Å². The Hall–Kier alpha value is -1.10. The molecule has 1 aromatic carbocycles. The van der Waals surface area contributed by atoms with Crippen molar-refractivity contribution in [3.05, 3.63) is 34.8 Å². The predicted octanol–water partition coefficient (Wildman–Crippen LogP) is 4.83. The molecular formula is C15H14Cl2N2OS. The van der Waals surface area contributed by atoms with Crippen molar-refractivity contribution in [3.63, 3.8) is 0 Å². The number of amides is 1. The number of thiazole rings is 1. The first kappa shape index (κ1) is 14.8. The summed E-state index contributed by atoms with van der Waals surface area (Å²) in [5.74, 6) is -0.0937. The van der Waals surface area contributed by atoms with Gasteiger partial charge in [-0.25, -0.2) is 4.98 Å². The first-order valence-electron chi connectivity index (χ1n) is 6.59. The van der Waals surface area contributed by atoms with E-state index in [0.717, 1.165) is 10.2 Å². The number of hydrogen-bond acceptors (Lipinski definition) is 3. The smallest absolute Gasteiger partial charge is 0.230 e. The van der Waals surface area contributed by atoms with Crippen LogP contribution >= 0.6 is 34.5 Å². The Morgan fingerprint density at radius 1 is 1.38 bits per heavy atom. The maximum atomic E-state index is 12.4. The van der Waals surface area contributed by atoms with Gasteiger partial charge in [-0.3, -0.25) is 4.79 Å². The molecule has 1 aliphatic rings. The average Bonchev–Trinajstić information content (AvgIpc) is 2.77. The van der Waals surface area contributed by atoms with E-state index in [-0.39, 0.29) is 27.6 Å². The molecule has 1 N–H and O–H groups in total. The Kier molecular flexibility index (Phi) is 3.72. The molecule has 1 heterocycles. The lowest BCUT2D eigenvalue weighted by atomic mass is 10.1. The molecule has 0 aliphatic heterocycles. The third kappa shape index (κ3) is 2.80. The lowest BCUT2D eigenvalue weighted by Crippen LogP contribution is -2.16. The van der Waals surface area contributed by atoms with Crippen LogP contribution in [0.5, 0.6) is 0 Å². The first-order valence-corrected chi connectivity index (χ1v) is 8.16. The first-order chi connectivity index (χ1) is 9.89. The molecule has 0 spiro atoms. The summed E-state index contributed by atoms with van der Waals surface area (Å²) in [6.07, 6.45) is 1.74. The van der Waals surface area contributed by atoms with Gasteiger partial charge in [-0.05, 0) is 29.5 Å². The molecule has 0 radical (unpaired) electrons. The van der Waals surface area contributed by atoms with Gasteiger partial charge >= 0.3 is 0 Å². The number of allylic oxidation sites excluding steroid dienone is 1. The van der Waals surface area contributed by atoms with Gasteiger partial charge in [-0.1, -0.05) is 60.5 Å². The molecule has 2 atom stereocenters. The van der Waals surface area contributed by atoms with Crippen molar-refractivity contribution in [3.8, 4) is 0 Å². The molecule has 1 aromatic heterocycles. The third-order valence-electron chi connectivity index (χ3n) is 4.02. The summed E-state index contributed by atoms with van der Waals surface area (Å²) in [5, 5.41) is 3.53. The summed E-state index contributed by atoms with van der Waals surface area (Å²) in [6.45, 7) is 4.07. The fourth-order valence-electron chi connectivity index (χ4n) is 2.73. The molecule has 1 fully saturated rings. The van der Waals surface area contributed by atoms with E-state index in [9.17, 15) is 4.79 Å². The Bertz CT molecular complexity index is 701. The van der Waals surface area contributed by atoms with Crippen LogP contribution in [-0.4, -0.2) is 10.9 Å². The number of nitrogens with one attached hydrogen (secondary N) is 1. The van der Waals surface area contributed by atoms with Crippen LogP contribution in [-0.2, 0) is 4.79 Å². The lowest BCUT2D eigenvalue weighted by molar-refractivity contribution is -0.118. The van der Waals surface area contributed by atoms with Gasteiger partial charge in [-0.2, -0.15) is 0 Å². The van der Waals surface area contributed by atoms with E-state index in [1.54, 1.807) is 6.08 Å². The monoisotopic (exact) mass is 340 g/mol. The number of nitrogens with zero attached hydrogens (tertiary/aromatic N) is 1. The molecular weight excluding hydrogens is 327 g/mol. The highest BCUT2D eigenvalue weighted by Gasteiger charge is 2.60. The summed E-state index contributed by atoms with van der Waals surface area (Å²) in [6, 6.07) is 7.81. The maximum absolute atomic E-state index is 12.4. The van der Waals surface area contributed by atoms with E-state index in [4.69, 9.17) is 23.2 Å². The van der Waals surface area contributed by atoms with E-state index >= 15 is 0 Å². The van der Waals surface area contributed by atoms with Crippen molar-refractivity contribution in [2.45, 2.75) is 13.8 Å². The van der Waals surface area contributed by atoms with Gasteiger partial charge in [0.15, 0.2) is 5.13 Å². The summed E-state index contributed by atoms with van der Waals surface area (Å²) in [4.78, 5) is 16.8. The summed E-state index contributed by atoms with van der Waals surface area (Å²) < 4.78 is 1.27. The lowest BCUT2D eigenvalue weighted by Gasteiger charge is -2.02. The SMILES string of the molecule is CC1(C)[C@H](C(=O)Nc2nc3ccccc3s2)[C@@H]1C=C(Cl)Cl. The topological polar surface area (TPSA) is 42.0 Å². The zero-order chi connectivity index (χ0) is 15.2. The van der Waals surface area contributed by atoms with Crippen LogP contribution < -0.4 is 5.32 Å². The van der Waals surface area contributed by atoms with Crippen LogP contribution in [0.4, 0.5) is 5.13 Å². The number of carbonyl (C=O) groups is 1. The predicted molar refractivity (Wildman–Crippen MR) is 88.8 cm³/mol. The molecule has 3 nitrogen and oxygen atoms in total. The normalized spacial score (nSPS) is 22.9. The van der Waals surface area contributed by atoms with Crippen LogP contribution in [0.15, 0.2) is 34.8 Å². The van der Waals surface area contributed by atoms with Crippen molar-refractivity contribution in [1.29, 1.82) is 0 Å². The Balaban J connectivity index is 1.76. The van der Waals surface area contributed by atoms with Gasteiger partial charge in [0.1, 0.15) is 4.49 Å². The molecule has 3 rings (SSSR count). The molecule has 0 saturated heterocycles. The second-order valence-corrected chi connectivity index (χ2v) is 7.80. The van der Waals surface area contributed by atoms with Gasteiger partial charge in [0.05, 0.1) is 16.1 Å². The minimum absolute atomic E-state index is 0.0325. The zero-order valence-corrected chi connectivity index (χ0v) is 13.9. The number of aromatic nitrogens is 1. The molecule has 2 aromatic rings. The Labute approximate surface area is 137 Å². The van der Waals surface area contributed by atoms with E-state index in [2.05, 4.69) is 10.3 Å². The van der Waals surface area contributed by atoms with Crippen LogP contribution in [0.3, 0.4) is 0 Å². The van der Waals surface area contributed by atoms with Gasteiger partial charge < -0.3 is 5.32 Å². The number of rotatable bonds is 3. The maximum Gasteiger partial charge on any atom is 0.230 e. The van der Waals surface area contributed by atoms with Crippen molar-refractivity contribution in [2.75, 3.05) is 5.32 Å². The molecule has 0 unspecified atom stereocenters. The summed E-state index contributed by atoms with van der Waals surface area (Å²) in [5.41, 5.74) is 0.767. The molecule has 1 saturated carbocycles. The molecule has 1 amide bonds. The fraction of sp³-hybridized carbons (Fsp3) is 0.333. The Morgan fingerprint density at radius 2 is 2.10 bits per heavy atom. The van der Waals surface area contributed by atoms with Crippen molar-refractivity contribution in [2.24, 2.45) is 17.3 Å². The van der Waals surface area contributed by atoms with Gasteiger partial charge in [0.25, 0.3) is 0 Å². The second-order valence-electron chi connectivity index (χ2n) is 5.76. The van der Waals surface area contributed by atoms with Gasteiger partial charge in [0.2, 0.25) is 5.91 Å². The fourth-order valence-corrected chi connectivity index (χ4v) is 3.87. The number of para-hydroxylation sites is 1. The van der Waals surface area contributed by atoms with E-state index in [1.807, 2.05) is 38.1 Å². The van der Waals surface area contributed by atoms with Crippen molar-refractivity contribution < 1.29 is 4.79 Å². The molecule has 0 bridgehead atoms. The number of benzene rings is 1. The average molecular weight is 341 g/mol. The molecule has 1 aliphatic carbocycles. The highest BCUT2D eigenvalue weighted by atomic mass is 35.5. The van der Waals surface area contributed by atoms with Crippen molar-refractivity contribution in [1.82, 2.24) is 4.98 Å². The van der Waals surface area contributed by atoms with Gasteiger partial charge in [-0.15, -0.1) is 0 Å². The van der Waals surface area contributed by atoms with Crippen molar-refractivity contribution >= 4 is 55.8 Å². The Morgan fingerprint density at radius 3 is 2.76 bits per heavy atom. The number of carbonyl (C=O) groups excluding carboxylic acids is 1. The standard InChI is InChI=1S/C15H14Cl2N2OS/c1-15(2)8(7-11(16)17)12(15)13(20)19-14-18-9-5-3-4-6-10(9)21-14/h3-8,12H,1-2H3,(H,18,19,20)/t8-,12-/m0/s1. The van der Waals surface area contributed by atoms with E-state index < -0.39 is 0 Å². The number of halogens is 2. The quantitative estimate of drug-likeness (QED) is 0.869. The highest BCUT2D eigenvalue weighted by Crippen LogP contribution is 2.60. The van der Waals surface area contributed by atoms with Crippen LogP contribution in [0.2, 0.25) is 0 Å². The van der Waals surface area contributed by atoms with E-state index in [0.29, 0.717) is 5.13 Å². The number of hydrogen-bond donors (Lipinski definition) is 1. The minimum atomic E-state index is -0.129. The highest BCUT2D eigenvalue weighted by molar-refractivity contribution is 7.22. The summed E-state index contributed by atoms with van der Waals surface area (Å²) >= 11 is 12.9. The van der Waals surface area contributed by atoms with Crippen LogP contribution in [0.25, 0.3) is 10.2 Å². The van der Waals surface area contributed by atoms with E-state index in [1.165, 1.54) is 11.3 Å². The molecule has 21 heavy (non-hydrogen) atoms. The van der Waals surface area contributed by atoms with Gasteiger partial charge in [0, 0.05) is 0 Å². The largest absolute Gasteiger partial charge is 0.302 e. The third-order valence-corrected chi connectivity index (χ3v) is 5.23. The molecule has 110 valence electrons. The number of fused-ring (bicyclic) bond motifs is 1.